The molecule has 1 aromatic heterocycles. The third-order valence-corrected chi connectivity index (χ3v) is 4.59. The van der Waals surface area contributed by atoms with E-state index >= 15 is 0 Å². The lowest BCUT2D eigenvalue weighted by Crippen LogP contribution is -2.10. The standard InChI is InChI=1S/C13H22N4S/c1-2-6-11-15-12(17-13(14)16-11)9-18-10-7-4-3-5-8-10/h10H,2-9H2,1H3,(H2,14,15,16,17). The zero-order valence-electron chi connectivity index (χ0n) is 11.1. The Labute approximate surface area is 113 Å². The molecule has 1 aliphatic carbocycles. The van der Waals surface area contributed by atoms with Gasteiger partial charge in [0.1, 0.15) is 11.6 Å². The van der Waals surface area contributed by atoms with Gasteiger partial charge in [-0.3, -0.25) is 0 Å². The molecule has 2 rings (SSSR count). The molecular weight excluding hydrogens is 244 g/mol. The minimum Gasteiger partial charge on any atom is -0.368 e. The van der Waals surface area contributed by atoms with E-state index in [9.17, 15) is 0 Å². The number of nitrogens with zero attached hydrogens (tertiary/aromatic N) is 3. The van der Waals surface area contributed by atoms with Gasteiger partial charge in [0.15, 0.2) is 0 Å². The van der Waals surface area contributed by atoms with E-state index in [1.165, 1.54) is 32.1 Å². The van der Waals surface area contributed by atoms with Gasteiger partial charge >= 0.3 is 0 Å². The largest absolute Gasteiger partial charge is 0.368 e. The molecule has 1 saturated carbocycles. The zero-order valence-corrected chi connectivity index (χ0v) is 11.9. The molecule has 0 aliphatic heterocycles. The molecule has 18 heavy (non-hydrogen) atoms. The van der Waals surface area contributed by atoms with Crippen LogP contribution >= 0.6 is 11.8 Å². The zero-order chi connectivity index (χ0) is 12.8. The Hall–Kier alpha value is -0.840. The van der Waals surface area contributed by atoms with Crippen LogP contribution in [0.2, 0.25) is 0 Å². The predicted molar refractivity (Wildman–Crippen MR) is 76.4 cm³/mol. The molecule has 5 heteroatoms. The van der Waals surface area contributed by atoms with Gasteiger partial charge in [-0.05, 0) is 19.3 Å². The maximum absolute atomic E-state index is 5.73. The number of rotatable bonds is 5. The highest BCUT2D eigenvalue weighted by atomic mass is 32.2. The van der Waals surface area contributed by atoms with Crippen molar-refractivity contribution in [2.24, 2.45) is 0 Å². The summed E-state index contributed by atoms with van der Waals surface area (Å²) in [5, 5.41) is 0.784. The van der Waals surface area contributed by atoms with Crippen LogP contribution < -0.4 is 5.73 Å². The summed E-state index contributed by atoms with van der Waals surface area (Å²) in [5.74, 6) is 2.92. The maximum Gasteiger partial charge on any atom is 0.223 e. The molecule has 0 bridgehead atoms. The SMILES string of the molecule is CCCc1nc(N)nc(CSC2CCCCC2)n1. The third-order valence-electron chi connectivity index (χ3n) is 3.22. The van der Waals surface area contributed by atoms with Crippen LogP contribution in [0.5, 0.6) is 0 Å². The van der Waals surface area contributed by atoms with Crippen molar-refractivity contribution in [3.63, 3.8) is 0 Å². The van der Waals surface area contributed by atoms with Crippen molar-refractivity contribution in [1.82, 2.24) is 15.0 Å². The molecule has 4 nitrogen and oxygen atoms in total. The molecule has 0 aromatic carbocycles. The van der Waals surface area contributed by atoms with Crippen molar-refractivity contribution < 1.29 is 0 Å². The Morgan fingerprint density at radius 3 is 2.56 bits per heavy atom. The first kappa shape index (κ1) is 13.6. The Kier molecular flexibility index (Phi) is 5.23. The molecule has 1 aliphatic rings. The van der Waals surface area contributed by atoms with Crippen molar-refractivity contribution in [3.05, 3.63) is 11.6 Å². The Balaban J connectivity index is 1.91. The molecule has 0 atom stereocenters. The minimum absolute atomic E-state index is 0.368. The minimum atomic E-state index is 0.368. The first-order valence-corrected chi connectivity index (χ1v) is 7.93. The molecule has 0 amide bonds. The van der Waals surface area contributed by atoms with Gasteiger partial charge in [0.25, 0.3) is 0 Å². The molecule has 1 fully saturated rings. The van der Waals surface area contributed by atoms with E-state index in [1.807, 2.05) is 11.8 Å². The molecule has 0 saturated heterocycles. The molecule has 0 radical (unpaired) electrons. The van der Waals surface area contributed by atoms with Crippen molar-refractivity contribution >= 4 is 17.7 Å². The van der Waals surface area contributed by atoms with Gasteiger partial charge in [-0.15, -0.1) is 0 Å². The summed E-state index contributed by atoms with van der Waals surface area (Å²) in [5.41, 5.74) is 5.73. The van der Waals surface area contributed by atoms with Crippen molar-refractivity contribution in [1.29, 1.82) is 0 Å². The molecule has 1 heterocycles. The maximum atomic E-state index is 5.73. The summed E-state index contributed by atoms with van der Waals surface area (Å²) in [7, 11) is 0. The molecule has 100 valence electrons. The molecular formula is C13H22N4S. The highest BCUT2D eigenvalue weighted by Crippen LogP contribution is 2.29. The summed E-state index contributed by atoms with van der Waals surface area (Å²) in [6.45, 7) is 2.12. The second kappa shape index (κ2) is 6.92. The second-order valence-electron chi connectivity index (χ2n) is 4.85. The third kappa shape index (κ3) is 4.12. The van der Waals surface area contributed by atoms with Gasteiger partial charge in [0.2, 0.25) is 5.95 Å². The van der Waals surface area contributed by atoms with Gasteiger partial charge in [-0.25, -0.2) is 4.98 Å². The van der Waals surface area contributed by atoms with E-state index in [-0.39, 0.29) is 0 Å². The second-order valence-corrected chi connectivity index (χ2v) is 6.14. The van der Waals surface area contributed by atoms with E-state index < -0.39 is 0 Å². The molecule has 2 N–H and O–H groups in total. The predicted octanol–water partition coefficient (Wildman–Crippen LogP) is 2.97. The van der Waals surface area contributed by atoms with Crippen LogP contribution in [0, 0.1) is 0 Å². The van der Waals surface area contributed by atoms with Crippen LogP contribution in [-0.4, -0.2) is 20.2 Å². The monoisotopic (exact) mass is 266 g/mol. The highest BCUT2D eigenvalue weighted by Gasteiger charge is 2.14. The number of thioether (sulfide) groups is 1. The van der Waals surface area contributed by atoms with Crippen molar-refractivity contribution in [3.8, 4) is 0 Å². The van der Waals surface area contributed by atoms with Crippen molar-refractivity contribution in [2.75, 3.05) is 5.73 Å². The van der Waals surface area contributed by atoms with E-state index in [4.69, 9.17) is 5.73 Å². The first-order valence-electron chi connectivity index (χ1n) is 6.89. The van der Waals surface area contributed by atoms with E-state index in [0.29, 0.717) is 5.95 Å². The number of nitrogen functional groups attached to an aromatic ring is 1. The lowest BCUT2D eigenvalue weighted by Gasteiger charge is -2.20. The Morgan fingerprint density at radius 1 is 1.11 bits per heavy atom. The summed E-state index contributed by atoms with van der Waals surface area (Å²) in [6, 6.07) is 0. The molecule has 0 unspecified atom stereocenters. The quantitative estimate of drug-likeness (QED) is 0.887. The van der Waals surface area contributed by atoms with E-state index in [1.54, 1.807) is 0 Å². The van der Waals surface area contributed by atoms with E-state index in [2.05, 4.69) is 21.9 Å². The van der Waals surface area contributed by atoms with Gasteiger partial charge in [-0.2, -0.15) is 21.7 Å². The number of hydrogen-bond donors (Lipinski definition) is 1. The number of aryl methyl sites for hydroxylation is 1. The lowest BCUT2D eigenvalue weighted by atomic mass is 10.0. The van der Waals surface area contributed by atoms with Crippen LogP contribution in [0.3, 0.4) is 0 Å². The van der Waals surface area contributed by atoms with Gasteiger partial charge in [-0.1, -0.05) is 26.2 Å². The Morgan fingerprint density at radius 2 is 1.83 bits per heavy atom. The Bertz CT molecular complexity index is 377. The van der Waals surface area contributed by atoms with Crippen molar-refractivity contribution in [2.45, 2.75) is 62.9 Å². The van der Waals surface area contributed by atoms with E-state index in [0.717, 1.165) is 35.5 Å². The fourth-order valence-corrected chi connectivity index (χ4v) is 3.49. The van der Waals surface area contributed by atoms with Crippen LogP contribution in [0.25, 0.3) is 0 Å². The number of hydrogen-bond acceptors (Lipinski definition) is 5. The van der Waals surface area contributed by atoms with Crippen LogP contribution in [0.15, 0.2) is 0 Å². The summed E-state index contributed by atoms with van der Waals surface area (Å²) in [6.07, 6.45) is 8.75. The van der Waals surface area contributed by atoms with Gasteiger partial charge in [0.05, 0.1) is 5.75 Å². The fraction of sp³-hybridized carbons (Fsp3) is 0.769. The van der Waals surface area contributed by atoms with Crippen LogP contribution in [0.4, 0.5) is 5.95 Å². The van der Waals surface area contributed by atoms with Crippen LogP contribution in [0.1, 0.15) is 57.1 Å². The molecule has 0 spiro atoms. The molecule has 1 aromatic rings. The van der Waals surface area contributed by atoms with Gasteiger partial charge in [0, 0.05) is 11.7 Å². The highest BCUT2D eigenvalue weighted by molar-refractivity contribution is 7.99. The average Bonchev–Trinajstić information content (AvgIpc) is 2.37. The fourth-order valence-electron chi connectivity index (χ4n) is 2.31. The summed E-state index contributed by atoms with van der Waals surface area (Å²) < 4.78 is 0. The number of aromatic nitrogens is 3. The smallest absolute Gasteiger partial charge is 0.223 e. The normalized spacial score (nSPS) is 16.9. The lowest BCUT2D eigenvalue weighted by molar-refractivity contribution is 0.516. The first-order chi connectivity index (χ1) is 8.78. The number of nitrogens with two attached hydrogens (primary N) is 1. The van der Waals surface area contributed by atoms with Gasteiger partial charge < -0.3 is 5.73 Å². The van der Waals surface area contributed by atoms with Crippen LogP contribution in [-0.2, 0) is 12.2 Å². The number of anilines is 1. The summed E-state index contributed by atoms with van der Waals surface area (Å²) >= 11 is 1.98. The average molecular weight is 266 g/mol. The summed E-state index contributed by atoms with van der Waals surface area (Å²) in [4.78, 5) is 12.9. The topological polar surface area (TPSA) is 64.7 Å².